The van der Waals surface area contributed by atoms with Gasteiger partial charge < -0.3 is 24.5 Å². The fraction of sp³-hybridized carbons (Fsp3) is 0.273. The van der Waals surface area contributed by atoms with Gasteiger partial charge >= 0.3 is 5.63 Å². The van der Waals surface area contributed by atoms with Crippen molar-refractivity contribution in [1.82, 2.24) is 4.90 Å². The van der Waals surface area contributed by atoms with Crippen molar-refractivity contribution >= 4 is 33.9 Å². The Labute approximate surface area is 173 Å². The topological polar surface area (TPSA) is 93.0 Å². The van der Waals surface area contributed by atoms with E-state index in [1.807, 2.05) is 30.3 Å². The summed E-state index contributed by atoms with van der Waals surface area (Å²) >= 11 is 0. The molecule has 2 N–H and O–H groups in total. The predicted octanol–water partition coefficient (Wildman–Crippen LogP) is 2.82. The zero-order chi connectivity index (χ0) is 20.9. The molecular formula is C22H23N3O5. The third-order valence-corrected chi connectivity index (χ3v) is 4.87. The van der Waals surface area contributed by atoms with Gasteiger partial charge in [0.2, 0.25) is 5.91 Å². The van der Waals surface area contributed by atoms with Crippen molar-refractivity contribution in [2.75, 3.05) is 50.6 Å². The van der Waals surface area contributed by atoms with Gasteiger partial charge in [-0.05, 0) is 36.4 Å². The van der Waals surface area contributed by atoms with Crippen LogP contribution < -0.4 is 21.0 Å². The number of carbonyl (C=O) groups is 1. The van der Waals surface area contributed by atoms with Gasteiger partial charge in [0.25, 0.3) is 0 Å². The van der Waals surface area contributed by atoms with Gasteiger partial charge in [0.1, 0.15) is 11.3 Å². The molecule has 3 aromatic rings. The summed E-state index contributed by atoms with van der Waals surface area (Å²) in [6.45, 7) is 3.20. The second-order valence-electron chi connectivity index (χ2n) is 6.98. The van der Waals surface area contributed by atoms with E-state index < -0.39 is 5.63 Å². The third-order valence-electron chi connectivity index (χ3n) is 4.87. The fourth-order valence-electron chi connectivity index (χ4n) is 3.33. The van der Waals surface area contributed by atoms with Gasteiger partial charge in [-0.25, -0.2) is 4.79 Å². The average molecular weight is 409 g/mol. The number of nitrogens with zero attached hydrogens (tertiary/aromatic N) is 1. The lowest BCUT2D eigenvalue weighted by atomic mass is 10.2. The molecule has 156 valence electrons. The molecule has 0 unspecified atom stereocenters. The van der Waals surface area contributed by atoms with Gasteiger partial charge in [-0.1, -0.05) is 0 Å². The molecule has 8 heteroatoms. The molecule has 8 nitrogen and oxygen atoms in total. The lowest BCUT2D eigenvalue weighted by Gasteiger charge is -2.25. The molecule has 1 aromatic heterocycles. The summed E-state index contributed by atoms with van der Waals surface area (Å²) in [5.74, 6) is 0.554. The van der Waals surface area contributed by atoms with Gasteiger partial charge in [0, 0.05) is 42.0 Å². The maximum Gasteiger partial charge on any atom is 0.338 e. The van der Waals surface area contributed by atoms with E-state index in [9.17, 15) is 9.59 Å². The average Bonchev–Trinajstić information content (AvgIpc) is 2.75. The minimum absolute atomic E-state index is 0.0572. The van der Waals surface area contributed by atoms with Crippen LogP contribution in [0.5, 0.6) is 5.75 Å². The lowest BCUT2D eigenvalue weighted by molar-refractivity contribution is -0.118. The van der Waals surface area contributed by atoms with Crippen molar-refractivity contribution in [2.24, 2.45) is 0 Å². The Balaban J connectivity index is 1.44. The summed E-state index contributed by atoms with van der Waals surface area (Å²) in [7, 11) is 1.56. The van der Waals surface area contributed by atoms with Gasteiger partial charge in [-0.2, -0.15) is 0 Å². The molecule has 0 spiro atoms. The Morgan fingerprint density at radius 3 is 2.53 bits per heavy atom. The number of anilines is 3. The molecule has 0 atom stereocenters. The van der Waals surface area contributed by atoms with E-state index >= 15 is 0 Å². The van der Waals surface area contributed by atoms with Crippen molar-refractivity contribution in [3.8, 4) is 5.75 Å². The molecule has 0 aliphatic carbocycles. The van der Waals surface area contributed by atoms with E-state index in [-0.39, 0.29) is 5.91 Å². The van der Waals surface area contributed by atoms with Crippen LogP contribution in [-0.2, 0) is 9.53 Å². The number of amides is 1. The van der Waals surface area contributed by atoms with E-state index in [0.717, 1.165) is 24.2 Å². The van der Waals surface area contributed by atoms with E-state index in [4.69, 9.17) is 13.9 Å². The minimum Gasteiger partial charge on any atom is -0.497 e. The largest absolute Gasteiger partial charge is 0.497 e. The van der Waals surface area contributed by atoms with E-state index in [1.165, 1.54) is 6.07 Å². The highest BCUT2D eigenvalue weighted by molar-refractivity contribution is 5.93. The van der Waals surface area contributed by atoms with Gasteiger partial charge in [-0.3, -0.25) is 9.69 Å². The zero-order valence-electron chi connectivity index (χ0n) is 16.6. The van der Waals surface area contributed by atoms with Gasteiger partial charge in [0.05, 0.1) is 32.6 Å². The first-order valence-corrected chi connectivity index (χ1v) is 9.70. The van der Waals surface area contributed by atoms with Crippen LogP contribution in [0.3, 0.4) is 0 Å². The summed E-state index contributed by atoms with van der Waals surface area (Å²) in [4.78, 5) is 26.2. The molecule has 1 saturated heterocycles. The Morgan fingerprint density at radius 1 is 1.07 bits per heavy atom. The molecule has 1 aliphatic heterocycles. The molecule has 1 aliphatic rings. The number of carbonyl (C=O) groups excluding carboxylic acids is 1. The van der Waals surface area contributed by atoms with Crippen LogP contribution in [0.4, 0.5) is 17.1 Å². The monoisotopic (exact) mass is 409 g/mol. The smallest absolute Gasteiger partial charge is 0.338 e. The molecule has 30 heavy (non-hydrogen) atoms. The van der Waals surface area contributed by atoms with Crippen molar-refractivity contribution < 1.29 is 18.7 Å². The summed E-state index contributed by atoms with van der Waals surface area (Å²) in [6.07, 6.45) is 0. The minimum atomic E-state index is -0.453. The number of ether oxygens (including phenoxy) is 2. The quantitative estimate of drug-likeness (QED) is 0.605. The molecule has 0 saturated carbocycles. The predicted molar refractivity (Wildman–Crippen MR) is 115 cm³/mol. The summed E-state index contributed by atoms with van der Waals surface area (Å²) in [5.41, 5.74) is 2.11. The highest BCUT2D eigenvalue weighted by Gasteiger charge is 2.14. The van der Waals surface area contributed by atoms with Crippen LogP contribution in [0.25, 0.3) is 11.0 Å². The fourth-order valence-corrected chi connectivity index (χ4v) is 3.33. The first-order valence-electron chi connectivity index (χ1n) is 9.70. The second kappa shape index (κ2) is 8.98. The SMILES string of the molecule is COc1ccc2c(Nc3ccc(NC(=O)CN4CCOCC4)cc3)cc(=O)oc2c1. The maximum atomic E-state index is 12.2. The van der Waals surface area contributed by atoms with Crippen molar-refractivity contribution in [2.45, 2.75) is 0 Å². The highest BCUT2D eigenvalue weighted by atomic mass is 16.5. The van der Waals surface area contributed by atoms with Crippen molar-refractivity contribution in [1.29, 1.82) is 0 Å². The lowest BCUT2D eigenvalue weighted by Crippen LogP contribution is -2.41. The Hall–Kier alpha value is -3.36. The Bertz CT molecular complexity index is 1090. The molecule has 4 rings (SSSR count). The Kier molecular flexibility index (Phi) is 5.97. The number of morpholine rings is 1. The number of methoxy groups -OCH3 is 1. The standard InChI is InChI=1S/C22H23N3O5/c1-28-17-6-7-18-19(13-22(27)30-20(18)12-17)23-15-2-4-16(5-3-15)24-21(26)14-25-8-10-29-11-9-25/h2-7,12-13,23H,8-11,14H2,1H3,(H,24,26). The molecular weight excluding hydrogens is 386 g/mol. The normalized spacial score (nSPS) is 14.4. The number of hydrogen-bond acceptors (Lipinski definition) is 7. The first kappa shape index (κ1) is 19.9. The Morgan fingerprint density at radius 2 is 1.80 bits per heavy atom. The van der Waals surface area contributed by atoms with Gasteiger partial charge in [-0.15, -0.1) is 0 Å². The van der Waals surface area contributed by atoms with Gasteiger partial charge in [0.15, 0.2) is 0 Å². The van der Waals surface area contributed by atoms with E-state index in [0.29, 0.717) is 42.5 Å². The molecule has 2 aromatic carbocycles. The summed E-state index contributed by atoms with van der Waals surface area (Å²) in [5, 5.41) is 6.90. The number of rotatable bonds is 6. The third kappa shape index (κ3) is 4.79. The number of benzene rings is 2. The molecule has 2 heterocycles. The number of hydrogen-bond donors (Lipinski definition) is 2. The summed E-state index contributed by atoms with van der Waals surface area (Å²) < 4.78 is 15.8. The molecule has 1 fully saturated rings. The number of nitrogens with one attached hydrogen (secondary N) is 2. The van der Waals surface area contributed by atoms with Crippen molar-refractivity contribution in [3.63, 3.8) is 0 Å². The van der Waals surface area contributed by atoms with Crippen LogP contribution in [0.1, 0.15) is 0 Å². The zero-order valence-corrected chi connectivity index (χ0v) is 16.6. The first-order chi connectivity index (χ1) is 14.6. The van der Waals surface area contributed by atoms with E-state index in [2.05, 4.69) is 15.5 Å². The second-order valence-corrected chi connectivity index (χ2v) is 6.98. The van der Waals surface area contributed by atoms with Crippen LogP contribution in [0.15, 0.2) is 57.7 Å². The molecule has 0 radical (unpaired) electrons. The highest BCUT2D eigenvalue weighted by Crippen LogP contribution is 2.28. The molecule has 1 amide bonds. The van der Waals surface area contributed by atoms with Crippen LogP contribution >= 0.6 is 0 Å². The summed E-state index contributed by atoms with van der Waals surface area (Å²) in [6, 6.07) is 14.0. The molecule has 0 bridgehead atoms. The maximum absolute atomic E-state index is 12.2. The number of fused-ring (bicyclic) bond motifs is 1. The van der Waals surface area contributed by atoms with E-state index in [1.54, 1.807) is 19.2 Å². The van der Waals surface area contributed by atoms with Crippen LogP contribution in [0.2, 0.25) is 0 Å². The van der Waals surface area contributed by atoms with Crippen LogP contribution in [-0.4, -0.2) is 50.8 Å². The van der Waals surface area contributed by atoms with Crippen LogP contribution in [0, 0.1) is 0 Å². The van der Waals surface area contributed by atoms with Crippen molar-refractivity contribution in [3.05, 3.63) is 59.0 Å².